The van der Waals surface area contributed by atoms with Crippen LogP contribution in [0.4, 0.5) is 19.7 Å². The molecule has 3 rings (SSSR count). The molecule has 0 bridgehead atoms. The Bertz CT molecular complexity index is 967. The Morgan fingerprint density at radius 1 is 1.11 bits per heavy atom. The average molecular weight is 537 g/mol. The first-order valence-corrected chi connectivity index (χ1v) is 13.8. The molecule has 0 saturated carbocycles. The number of hydrogen-bond donors (Lipinski definition) is 0. The van der Waals surface area contributed by atoms with E-state index in [0.717, 1.165) is 12.8 Å². The predicted molar refractivity (Wildman–Crippen MR) is 141 cm³/mol. The number of cyclic esters (lactones) is 1. The first kappa shape index (κ1) is 29.2. The second kappa shape index (κ2) is 11.2. The maximum Gasteiger partial charge on any atom is 0.414 e. The topological polar surface area (TPSA) is 77.5 Å². The molecule has 2 heterocycles. The molecule has 10 heteroatoms. The molecular formula is C27H41FN2O6Si. The average Bonchev–Trinajstić information content (AvgIpc) is 3.18. The fraction of sp³-hybridized carbons (Fsp3) is 0.704. The zero-order valence-electron chi connectivity index (χ0n) is 23.4. The van der Waals surface area contributed by atoms with Crippen molar-refractivity contribution in [2.75, 3.05) is 31.1 Å². The number of carbonyl (C=O) groups excluding carboxylic acids is 2. The highest BCUT2D eigenvalue weighted by molar-refractivity contribution is 6.31. The number of amides is 2. The maximum absolute atomic E-state index is 14.9. The molecule has 8 nitrogen and oxygen atoms in total. The van der Waals surface area contributed by atoms with Crippen LogP contribution in [0.3, 0.4) is 0 Å². The van der Waals surface area contributed by atoms with E-state index in [1.807, 2.05) is 34.6 Å². The summed E-state index contributed by atoms with van der Waals surface area (Å²) in [4.78, 5) is 27.9. The van der Waals surface area contributed by atoms with Crippen LogP contribution < -0.4 is 9.64 Å². The van der Waals surface area contributed by atoms with Crippen molar-refractivity contribution in [1.29, 1.82) is 0 Å². The van der Waals surface area contributed by atoms with Gasteiger partial charge in [0, 0.05) is 19.2 Å². The highest BCUT2D eigenvalue weighted by Gasteiger charge is 2.43. The standard InChI is InChI=1S/C27H41FN2O6Si/c1-25(2,3)35-23(31)29-13-11-18(12-14-29)17-33-21-10-9-19(15-20(21)28)30-16-22(34-24(30)32)27(7,8)36-37-26(4,5)6/h9-10,15,18,22H,11-14,16-17H2,1-8H3/t22-/m1/s1. The van der Waals surface area contributed by atoms with Gasteiger partial charge in [-0.2, -0.15) is 0 Å². The molecule has 1 aromatic carbocycles. The molecule has 37 heavy (non-hydrogen) atoms. The van der Waals surface area contributed by atoms with E-state index >= 15 is 0 Å². The largest absolute Gasteiger partial charge is 0.490 e. The number of likely N-dealkylation sites (tertiary alicyclic amines) is 1. The van der Waals surface area contributed by atoms with Gasteiger partial charge in [0.15, 0.2) is 11.6 Å². The minimum Gasteiger partial charge on any atom is -0.490 e. The fourth-order valence-corrected chi connectivity index (χ4v) is 4.68. The van der Waals surface area contributed by atoms with E-state index < -0.39 is 29.2 Å². The van der Waals surface area contributed by atoms with Crippen LogP contribution in [0.2, 0.25) is 5.04 Å². The Kier molecular flexibility index (Phi) is 8.84. The van der Waals surface area contributed by atoms with E-state index in [1.165, 1.54) is 11.0 Å². The van der Waals surface area contributed by atoms with E-state index in [2.05, 4.69) is 20.8 Å². The molecule has 2 saturated heterocycles. The number of ether oxygens (including phenoxy) is 3. The zero-order valence-corrected chi connectivity index (χ0v) is 24.4. The summed E-state index contributed by atoms with van der Waals surface area (Å²) >= 11 is 0. The third kappa shape index (κ3) is 8.33. The smallest absolute Gasteiger partial charge is 0.414 e. The van der Waals surface area contributed by atoms with Gasteiger partial charge in [-0.25, -0.2) is 14.0 Å². The number of hydrogen-bond acceptors (Lipinski definition) is 6. The third-order valence-electron chi connectivity index (χ3n) is 6.18. The van der Waals surface area contributed by atoms with Crippen LogP contribution in [0, 0.1) is 11.7 Å². The van der Waals surface area contributed by atoms with Crippen LogP contribution >= 0.6 is 0 Å². The lowest BCUT2D eigenvalue weighted by Gasteiger charge is -2.33. The second-order valence-corrected chi connectivity index (χ2v) is 14.3. The molecule has 0 aliphatic carbocycles. The fourth-order valence-electron chi connectivity index (χ4n) is 3.98. The Balaban J connectivity index is 1.52. The number of carbonyl (C=O) groups is 2. The molecule has 2 fully saturated rings. The molecule has 0 unspecified atom stereocenters. The van der Waals surface area contributed by atoms with Gasteiger partial charge in [0.05, 0.1) is 24.4 Å². The summed E-state index contributed by atoms with van der Waals surface area (Å²) in [5, 5.41) is 0.00757. The summed E-state index contributed by atoms with van der Waals surface area (Å²) in [7, 11) is 0.251. The van der Waals surface area contributed by atoms with E-state index in [1.54, 1.807) is 17.0 Å². The number of rotatable bonds is 7. The molecule has 0 N–H and O–H groups in total. The first-order chi connectivity index (χ1) is 17.0. The molecule has 2 amide bonds. The van der Waals surface area contributed by atoms with Crippen molar-refractivity contribution in [2.24, 2.45) is 5.92 Å². The number of anilines is 1. The van der Waals surface area contributed by atoms with Gasteiger partial charge in [0.2, 0.25) is 9.76 Å². The van der Waals surface area contributed by atoms with Crippen molar-refractivity contribution < 1.29 is 32.6 Å². The minimum atomic E-state index is -0.670. The molecule has 2 aliphatic rings. The van der Waals surface area contributed by atoms with Crippen LogP contribution in [0.5, 0.6) is 5.75 Å². The molecule has 2 aliphatic heterocycles. The summed E-state index contributed by atoms with van der Waals surface area (Å²) in [5.74, 6) is -0.190. The molecule has 206 valence electrons. The maximum atomic E-state index is 14.9. The van der Waals surface area contributed by atoms with E-state index in [0.29, 0.717) is 25.4 Å². The lowest BCUT2D eigenvalue weighted by molar-refractivity contribution is -0.0133. The van der Waals surface area contributed by atoms with Crippen molar-refractivity contribution in [1.82, 2.24) is 4.90 Å². The number of halogens is 1. The van der Waals surface area contributed by atoms with Gasteiger partial charge in [-0.1, -0.05) is 20.8 Å². The summed E-state index contributed by atoms with van der Waals surface area (Å²) in [6.45, 7) is 17.4. The van der Waals surface area contributed by atoms with Gasteiger partial charge in [-0.05, 0) is 70.5 Å². The summed E-state index contributed by atoms with van der Waals surface area (Å²) in [6, 6.07) is 4.51. The Hall–Kier alpha value is -2.33. The van der Waals surface area contributed by atoms with Crippen molar-refractivity contribution >= 4 is 27.6 Å². The van der Waals surface area contributed by atoms with Crippen LogP contribution in [-0.4, -0.2) is 70.4 Å². The number of benzene rings is 1. The molecule has 0 aromatic heterocycles. The Morgan fingerprint density at radius 2 is 1.76 bits per heavy atom. The van der Waals surface area contributed by atoms with Gasteiger partial charge in [0.1, 0.15) is 11.7 Å². The summed E-state index contributed by atoms with van der Waals surface area (Å²) in [6.07, 6.45) is 0.216. The lowest BCUT2D eigenvalue weighted by Crippen LogP contribution is -2.43. The van der Waals surface area contributed by atoms with Gasteiger partial charge in [0.25, 0.3) is 0 Å². The summed E-state index contributed by atoms with van der Waals surface area (Å²) in [5.41, 5.74) is -0.780. The summed E-state index contributed by atoms with van der Waals surface area (Å²) < 4.78 is 37.8. The molecule has 0 spiro atoms. The quantitative estimate of drug-likeness (QED) is 0.409. The van der Waals surface area contributed by atoms with E-state index in [-0.39, 0.29) is 39.1 Å². The van der Waals surface area contributed by atoms with Gasteiger partial charge in [-0.15, -0.1) is 0 Å². The molecule has 1 atom stereocenters. The van der Waals surface area contributed by atoms with Crippen molar-refractivity contribution in [3.63, 3.8) is 0 Å². The SMILES string of the molecule is CC(C)(C)OC(=O)N1CCC(COc2ccc(N3C[C@H](C(C)(C)O[Si]C(C)(C)C)OC3=O)cc2F)CC1. The van der Waals surface area contributed by atoms with Crippen molar-refractivity contribution in [3.05, 3.63) is 24.0 Å². The van der Waals surface area contributed by atoms with Crippen LogP contribution in [0.1, 0.15) is 68.2 Å². The Labute approximate surface area is 222 Å². The van der Waals surface area contributed by atoms with Crippen molar-refractivity contribution in [3.8, 4) is 5.75 Å². The van der Waals surface area contributed by atoms with Crippen LogP contribution in [0.15, 0.2) is 18.2 Å². The van der Waals surface area contributed by atoms with Gasteiger partial charge in [-0.3, -0.25) is 4.90 Å². The van der Waals surface area contributed by atoms with Crippen molar-refractivity contribution in [2.45, 2.75) is 90.6 Å². The first-order valence-electron chi connectivity index (χ1n) is 12.9. The highest BCUT2D eigenvalue weighted by atomic mass is 28.2. The normalized spacial score (nSPS) is 19.7. The second-order valence-electron chi connectivity index (χ2n) is 12.4. The molecule has 1 aromatic rings. The minimum absolute atomic E-state index is 0.00757. The van der Waals surface area contributed by atoms with Crippen LogP contribution in [0.25, 0.3) is 0 Å². The van der Waals surface area contributed by atoms with Gasteiger partial charge < -0.3 is 23.5 Å². The number of nitrogens with zero attached hydrogens (tertiary/aromatic N) is 2. The predicted octanol–water partition coefficient (Wildman–Crippen LogP) is 5.81. The van der Waals surface area contributed by atoms with Gasteiger partial charge >= 0.3 is 12.2 Å². The number of piperidine rings is 1. The van der Waals surface area contributed by atoms with Crippen LogP contribution in [-0.2, 0) is 13.9 Å². The Morgan fingerprint density at radius 3 is 2.32 bits per heavy atom. The highest BCUT2D eigenvalue weighted by Crippen LogP contribution is 2.33. The lowest BCUT2D eigenvalue weighted by atomic mass is 9.98. The molecular weight excluding hydrogens is 495 g/mol. The third-order valence-corrected chi connectivity index (χ3v) is 7.42. The van der Waals surface area contributed by atoms with E-state index in [4.69, 9.17) is 18.6 Å². The zero-order chi connectivity index (χ0) is 27.6. The molecule has 2 radical (unpaired) electrons. The van der Waals surface area contributed by atoms with E-state index in [9.17, 15) is 14.0 Å². The monoisotopic (exact) mass is 536 g/mol.